The number of aliphatic hydroxyl groups excluding tert-OH is 3. The van der Waals surface area contributed by atoms with Gasteiger partial charge in [-0.15, -0.1) is 0 Å². The van der Waals surface area contributed by atoms with Crippen LogP contribution >= 0.6 is 0 Å². The van der Waals surface area contributed by atoms with Crippen molar-refractivity contribution in [1.29, 1.82) is 0 Å². The molecule has 0 bridgehead atoms. The van der Waals surface area contributed by atoms with Crippen LogP contribution in [0.15, 0.2) is 0 Å². The Bertz CT molecular complexity index is 236. The average molecular weight is 347 g/mol. The Kier molecular flexibility index (Phi) is 19.0. The Morgan fingerprint density at radius 3 is 1.50 bits per heavy atom. The summed E-state index contributed by atoms with van der Waals surface area (Å²) < 4.78 is 5.15. The minimum atomic E-state index is -0.839. The predicted octanol–water partition coefficient (Wildman–Crippen LogP) is 4.20. The van der Waals surface area contributed by atoms with Gasteiger partial charge < -0.3 is 20.1 Å². The highest BCUT2D eigenvalue weighted by Gasteiger charge is 2.06. The lowest BCUT2D eigenvalue weighted by atomic mass is 10.0. The standard InChI is InChI=1S/C20H42O4/c1-2-3-4-5-6-7-8-9-10-11-12-13-14-15-19(22)17-24-18-20(23)16-21/h19-23H,2-18H2,1H3. The molecule has 3 N–H and O–H groups in total. The zero-order valence-electron chi connectivity index (χ0n) is 15.9. The van der Waals surface area contributed by atoms with Gasteiger partial charge in [-0.2, -0.15) is 0 Å². The second kappa shape index (κ2) is 19.2. The fourth-order valence-electron chi connectivity index (χ4n) is 2.87. The van der Waals surface area contributed by atoms with Gasteiger partial charge in [0.15, 0.2) is 0 Å². The van der Waals surface area contributed by atoms with E-state index in [9.17, 15) is 5.11 Å². The maximum absolute atomic E-state index is 9.74. The summed E-state index contributed by atoms with van der Waals surface area (Å²) in [5.41, 5.74) is 0. The largest absolute Gasteiger partial charge is 0.394 e. The molecular formula is C20H42O4. The first-order valence-electron chi connectivity index (χ1n) is 10.3. The first-order valence-corrected chi connectivity index (χ1v) is 10.3. The first-order chi connectivity index (χ1) is 11.7. The van der Waals surface area contributed by atoms with Crippen molar-refractivity contribution >= 4 is 0 Å². The quantitative estimate of drug-likeness (QED) is 0.307. The smallest absolute Gasteiger partial charge is 0.100 e. The minimum Gasteiger partial charge on any atom is -0.394 e. The molecule has 0 aromatic heterocycles. The van der Waals surface area contributed by atoms with E-state index in [0.717, 1.165) is 12.8 Å². The molecule has 0 rings (SSSR count). The summed E-state index contributed by atoms with van der Waals surface area (Å²) in [4.78, 5) is 0. The number of rotatable bonds is 19. The molecule has 0 aliphatic heterocycles. The third kappa shape index (κ3) is 18.2. The highest BCUT2D eigenvalue weighted by atomic mass is 16.5. The van der Waals surface area contributed by atoms with Crippen LogP contribution in [-0.2, 0) is 4.74 Å². The van der Waals surface area contributed by atoms with Crippen LogP contribution in [0.5, 0.6) is 0 Å². The van der Waals surface area contributed by atoms with Crippen molar-refractivity contribution in [3.05, 3.63) is 0 Å². The molecule has 2 unspecified atom stereocenters. The molecule has 0 heterocycles. The maximum atomic E-state index is 9.74. The van der Waals surface area contributed by atoms with Crippen molar-refractivity contribution in [2.24, 2.45) is 0 Å². The lowest BCUT2D eigenvalue weighted by molar-refractivity contribution is -0.0262. The summed E-state index contributed by atoms with van der Waals surface area (Å²) >= 11 is 0. The van der Waals surface area contributed by atoms with Crippen LogP contribution in [-0.4, -0.2) is 47.3 Å². The van der Waals surface area contributed by atoms with Gasteiger partial charge in [-0.25, -0.2) is 0 Å². The lowest BCUT2D eigenvalue weighted by Crippen LogP contribution is -2.23. The van der Waals surface area contributed by atoms with Crippen molar-refractivity contribution in [1.82, 2.24) is 0 Å². The molecule has 0 radical (unpaired) electrons. The zero-order valence-corrected chi connectivity index (χ0v) is 15.9. The third-order valence-electron chi connectivity index (χ3n) is 4.47. The number of ether oxygens (including phenoxy) is 1. The molecule has 2 atom stereocenters. The van der Waals surface area contributed by atoms with Crippen LogP contribution in [0.25, 0.3) is 0 Å². The van der Waals surface area contributed by atoms with Crippen LogP contribution in [0, 0.1) is 0 Å². The van der Waals surface area contributed by atoms with Gasteiger partial charge in [-0.1, -0.05) is 90.4 Å². The van der Waals surface area contributed by atoms with E-state index >= 15 is 0 Å². The van der Waals surface area contributed by atoms with Crippen molar-refractivity contribution < 1.29 is 20.1 Å². The van der Waals surface area contributed by atoms with Crippen molar-refractivity contribution in [3.8, 4) is 0 Å². The molecule has 0 fully saturated rings. The molecule has 4 nitrogen and oxygen atoms in total. The molecule has 0 aromatic carbocycles. The van der Waals surface area contributed by atoms with E-state index in [1.54, 1.807) is 0 Å². The minimum absolute atomic E-state index is 0.0894. The van der Waals surface area contributed by atoms with E-state index in [-0.39, 0.29) is 19.8 Å². The molecule has 0 aromatic rings. The Hall–Kier alpha value is -0.160. The second-order valence-corrected chi connectivity index (χ2v) is 7.06. The Balaban J connectivity index is 3.13. The molecular weight excluding hydrogens is 304 g/mol. The Morgan fingerprint density at radius 1 is 0.625 bits per heavy atom. The van der Waals surface area contributed by atoms with Gasteiger partial charge in [0.25, 0.3) is 0 Å². The van der Waals surface area contributed by atoms with Crippen LogP contribution in [0.1, 0.15) is 96.8 Å². The maximum Gasteiger partial charge on any atom is 0.100 e. The molecule has 146 valence electrons. The summed E-state index contributed by atoms with van der Waals surface area (Å²) in [7, 11) is 0. The van der Waals surface area contributed by atoms with Crippen LogP contribution in [0.4, 0.5) is 0 Å². The van der Waals surface area contributed by atoms with E-state index in [4.69, 9.17) is 14.9 Å². The normalized spacial score (nSPS) is 14.0. The van der Waals surface area contributed by atoms with E-state index < -0.39 is 12.2 Å². The van der Waals surface area contributed by atoms with Gasteiger partial charge in [-0.3, -0.25) is 0 Å². The summed E-state index contributed by atoms with van der Waals surface area (Å²) in [5, 5.41) is 27.5. The summed E-state index contributed by atoms with van der Waals surface area (Å²) in [6.07, 6.45) is 16.7. The van der Waals surface area contributed by atoms with Crippen molar-refractivity contribution in [2.75, 3.05) is 19.8 Å². The fraction of sp³-hybridized carbons (Fsp3) is 1.00. The predicted molar refractivity (Wildman–Crippen MR) is 100 cm³/mol. The fourth-order valence-corrected chi connectivity index (χ4v) is 2.87. The first kappa shape index (κ1) is 23.8. The highest BCUT2D eigenvalue weighted by Crippen LogP contribution is 2.13. The molecule has 0 amide bonds. The molecule has 0 saturated carbocycles. The van der Waals surface area contributed by atoms with E-state index in [2.05, 4.69) is 6.92 Å². The number of hydrogen-bond acceptors (Lipinski definition) is 4. The summed E-state index contributed by atoms with van der Waals surface area (Å²) in [5.74, 6) is 0. The zero-order chi connectivity index (χ0) is 17.9. The Morgan fingerprint density at radius 2 is 1.04 bits per heavy atom. The van der Waals surface area contributed by atoms with E-state index in [1.165, 1.54) is 77.0 Å². The van der Waals surface area contributed by atoms with Gasteiger partial charge in [-0.05, 0) is 6.42 Å². The number of aliphatic hydroxyl groups is 3. The average Bonchev–Trinajstić information content (AvgIpc) is 2.58. The van der Waals surface area contributed by atoms with E-state index in [0.29, 0.717) is 0 Å². The van der Waals surface area contributed by atoms with Gasteiger partial charge in [0.2, 0.25) is 0 Å². The number of unbranched alkanes of at least 4 members (excludes halogenated alkanes) is 12. The molecule has 0 aliphatic carbocycles. The second-order valence-electron chi connectivity index (χ2n) is 7.06. The molecule has 0 aliphatic rings. The van der Waals surface area contributed by atoms with Crippen molar-refractivity contribution in [2.45, 2.75) is 109 Å². The van der Waals surface area contributed by atoms with Gasteiger partial charge in [0, 0.05) is 0 Å². The Labute approximate surface area is 149 Å². The highest BCUT2D eigenvalue weighted by molar-refractivity contribution is 4.57. The number of hydrogen-bond donors (Lipinski definition) is 3. The van der Waals surface area contributed by atoms with Crippen molar-refractivity contribution in [3.63, 3.8) is 0 Å². The topological polar surface area (TPSA) is 69.9 Å². The van der Waals surface area contributed by atoms with Gasteiger partial charge >= 0.3 is 0 Å². The van der Waals surface area contributed by atoms with Gasteiger partial charge in [0.05, 0.1) is 25.9 Å². The summed E-state index contributed by atoms with van der Waals surface area (Å²) in [6.45, 7) is 2.30. The SMILES string of the molecule is CCCCCCCCCCCCCCCC(O)COCC(O)CO. The third-order valence-corrected chi connectivity index (χ3v) is 4.47. The molecule has 0 saturated heterocycles. The summed E-state index contributed by atoms with van der Waals surface area (Å²) in [6, 6.07) is 0. The van der Waals surface area contributed by atoms with Crippen LogP contribution in [0.3, 0.4) is 0 Å². The molecule has 24 heavy (non-hydrogen) atoms. The van der Waals surface area contributed by atoms with Crippen LogP contribution in [0.2, 0.25) is 0 Å². The monoisotopic (exact) mass is 346 g/mol. The van der Waals surface area contributed by atoms with Crippen LogP contribution < -0.4 is 0 Å². The molecule has 4 heteroatoms. The lowest BCUT2D eigenvalue weighted by Gasteiger charge is -2.13. The van der Waals surface area contributed by atoms with Gasteiger partial charge in [0.1, 0.15) is 6.10 Å². The molecule has 0 spiro atoms. The van der Waals surface area contributed by atoms with E-state index in [1.807, 2.05) is 0 Å².